The van der Waals surface area contributed by atoms with Crippen LogP contribution in [0.5, 0.6) is 0 Å². The van der Waals surface area contributed by atoms with E-state index in [-0.39, 0.29) is 11.7 Å². The average molecular weight is 307 g/mol. The van der Waals surface area contributed by atoms with E-state index in [1.54, 1.807) is 0 Å². The summed E-state index contributed by atoms with van der Waals surface area (Å²) in [6.45, 7) is 3.84. The highest BCUT2D eigenvalue weighted by Gasteiger charge is 2.09. The lowest BCUT2D eigenvalue weighted by molar-refractivity contribution is -0.113. The van der Waals surface area contributed by atoms with Crippen LogP contribution in [-0.4, -0.2) is 11.7 Å². The first-order chi connectivity index (χ1) is 9.97. The normalized spacial score (nSPS) is 10.5. The maximum absolute atomic E-state index is 13.1. The lowest BCUT2D eigenvalue weighted by Gasteiger charge is -2.11. The van der Waals surface area contributed by atoms with Gasteiger partial charge in [0.15, 0.2) is 11.6 Å². The molecule has 0 aromatic heterocycles. The van der Waals surface area contributed by atoms with Gasteiger partial charge in [0.2, 0.25) is 5.91 Å². The Labute approximate surface area is 126 Å². The van der Waals surface area contributed by atoms with Gasteiger partial charge in [0.1, 0.15) is 0 Å². The largest absolute Gasteiger partial charge is 0.325 e. The van der Waals surface area contributed by atoms with Crippen LogP contribution in [0.2, 0.25) is 0 Å². The van der Waals surface area contributed by atoms with E-state index in [9.17, 15) is 13.6 Å². The maximum atomic E-state index is 13.1. The molecule has 110 valence electrons. The van der Waals surface area contributed by atoms with Crippen LogP contribution in [0.1, 0.15) is 11.1 Å². The van der Waals surface area contributed by atoms with Gasteiger partial charge in [-0.1, -0.05) is 18.2 Å². The molecule has 1 amide bonds. The molecule has 0 unspecified atom stereocenters. The first-order valence-corrected chi connectivity index (χ1v) is 7.40. The van der Waals surface area contributed by atoms with Crippen LogP contribution in [0, 0.1) is 25.5 Å². The lowest BCUT2D eigenvalue weighted by atomic mass is 10.1. The number of carbonyl (C=O) groups excluding carboxylic acids is 1. The van der Waals surface area contributed by atoms with Crippen LogP contribution in [0.4, 0.5) is 14.5 Å². The van der Waals surface area contributed by atoms with Crippen LogP contribution in [-0.2, 0) is 4.79 Å². The Morgan fingerprint density at radius 2 is 1.76 bits per heavy atom. The number of anilines is 1. The number of carbonyl (C=O) groups is 1. The zero-order chi connectivity index (χ0) is 15.4. The third-order valence-electron chi connectivity index (χ3n) is 3.01. The molecule has 0 atom stereocenters. The van der Waals surface area contributed by atoms with Gasteiger partial charge in [0.05, 0.1) is 5.75 Å². The van der Waals surface area contributed by atoms with Crippen molar-refractivity contribution >= 4 is 23.4 Å². The summed E-state index contributed by atoms with van der Waals surface area (Å²) < 4.78 is 25.9. The number of thioether (sulfide) groups is 1. The second kappa shape index (κ2) is 6.72. The Morgan fingerprint density at radius 3 is 2.38 bits per heavy atom. The molecule has 0 aliphatic heterocycles. The first-order valence-electron chi connectivity index (χ1n) is 6.41. The average Bonchev–Trinajstić information content (AvgIpc) is 2.44. The first kappa shape index (κ1) is 15.5. The minimum atomic E-state index is -0.907. The van der Waals surface area contributed by atoms with Gasteiger partial charge >= 0.3 is 0 Å². The number of para-hydroxylation sites is 1. The Morgan fingerprint density at radius 1 is 1.10 bits per heavy atom. The highest BCUT2D eigenvalue weighted by molar-refractivity contribution is 8.00. The standard InChI is InChI=1S/C16H15F2NOS/c1-10-4-3-5-11(2)16(10)19-15(20)9-21-12-6-7-13(17)14(18)8-12/h3-8H,9H2,1-2H3,(H,19,20). The summed E-state index contributed by atoms with van der Waals surface area (Å²) in [5, 5.41) is 2.85. The fraction of sp³-hybridized carbons (Fsp3) is 0.188. The Bertz CT molecular complexity index is 653. The van der Waals surface area contributed by atoms with E-state index in [0.717, 1.165) is 40.7 Å². The number of rotatable bonds is 4. The van der Waals surface area contributed by atoms with Crippen molar-refractivity contribution in [1.82, 2.24) is 0 Å². The van der Waals surface area contributed by atoms with E-state index in [2.05, 4.69) is 5.32 Å². The highest BCUT2D eigenvalue weighted by Crippen LogP contribution is 2.22. The zero-order valence-corrected chi connectivity index (χ0v) is 12.6. The van der Waals surface area contributed by atoms with E-state index in [4.69, 9.17) is 0 Å². The van der Waals surface area contributed by atoms with E-state index >= 15 is 0 Å². The second-order valence-electron chi connectivity index (χ2n) is 4.68. The molecule has 0 aliphatic carbocycles. The number of hydrogen-bond donors (Lipinski definition) is 1. The smallest absolute Gasteiger partial charge is 0.234 e. The van der Waals surface area contributed by atoms with Crippen molar-refractivity contribution in [1.29, 1.82) is 0 Å². The Kier molecular flexibility index (Phi) is 4.96. The molecule has 0 radical (unpaired) electrons. The van der Waals surface area contributed by atoms with Crippen LogP contribution in [0.15, 0.2) is 41.3 Å². The van der Waals surface area contributed by atoms with E-state index in [0.29, 0.717) is 4.90 Å². The van der Waals surface area contributed by atoms with Crippen molar-refractivity contribution in [3.05, 3.63) is 59.2 Å². The molecular formula is C16H15F2NOS. The fourth-order valence-corrected chi connectivity index (χ4v) is 2.62. The molecule has 1 N–H and O–H groups in total. The van der Waals surface area contributed by atoms with Crippen molar-refractivity contribution < 1.29 is 13.6 Å². The molecule has 0 saturated carbocycles. The van der Waals surface area contributed by atoms with E-state index < -0.39 is 11.6 Å². The van der Waals surface area contributed by atoms with Gasteiger partial charge in [-0.05, 0) is 43.2 Å². The predicted molar refractivity (Wildman–Crippen MR) is 81.6 cm³/mol. The SMILES string of the molecule is Cc1cccc(C)c1NC(=O)CSc1ccc(F)c(F)c1. The summed E-state index contributed by atoms with van der Waals surface area (Å²) in [5.74, 6) is -1.84. The molecular weight excluding hydrogens is 292 g/mol. The summed E-state index contributed by atoms with van der Waals surface area (Å²) in [4.78, 5) is 12.5. The van der Waals surface area contributed by atoms with Gasteiger partial charge < -0.3 is 5.32 Å². The minimum Gasteiger partial charge on any atom is -0.325 e. The Balaban J connectivity index is 1.97. The fourth-order valence-electron chi connectivity index (χ4n) is 1.90. The predicted octanol–water partition coefficient (Wildman–Crippen LogP) is 4.31. The van der Waals surface area contributed by atoms with Gasteiger partial charge in [-0.3, -0.25) is 4.79 Å². The van der Waals surface area contributed by atoms with E-state index in [1.165, 1.54) is 6.07 Å². The molecule has 5 heteroatoms. The molecule has 2 rings (SSSR count). The molecule has 0 bridgehead atoms. The zero-order valence-electron chi connectivity index (χ0n) is 11.7. The van der Waals surface area contributed by atoms with Crippen LogP contribution < -0.4 is 5.32 Å². The van der Waals surface area contributed by atoms with Crippen molar-refractivity contribution in [2.75, 3.05) is 11.1 Å². The number of aryl methyl sites for hydroxylation is 2. The van der Waals surface area contributed by atoms with Gasteiger partial charge in [0.25, 0.3) is 0 Å². The molecule has 0 heterocycles. The molecule has 0 aliphatic rings. The van der Waals surface area contributed by atoms with Gasteiger partial charge in [-0.25, -0.2) is 8.78 Å². The van der Waals surface area contributed by atoms with Gasteiger partial charge in [0, 0.05) is 10.6 Å². The highest BCUT2D eigenvalue weighted by atomic mass is 32.2. The number of hydrogen-bond acceptors (Lipinski definition) is 2. The number of nitrogens with one attached hydrogen (secondary N) is 1. The molecule has 21 heavy (non-hydrogen) atoms. The molecule has 0 fully saturated rings. The van der Waals surface area contributed by atoms with Crippen molar-refractivity contribution in [3.63, 3.8) is 0 Å². The van der Waals surface area contributed by atoms with Crippen LogP contribution in [0.25, 0.3) is 0 Å². The Hall–Kier alpha value is -1.88. The minimum absolute atomic E-state index is 0.138. The summed E-state index contributed by atoms with van der Waals surface area (Å²) in [6, 6.07) is 9.37. The van der Waals surface area contributed by atoms with E-state index in [1.807, 2.05) is 32.0 Å². The summed E-state index contributed by atoms with van der Waals surface area (Å²) in [7, 11) is 0. The molecule has 2 aromatic rings. The molecule has 0 spiro atoms. The second-order valence-corrected chi connectivity index (χ2v) is 5.73. The van der Waals surface area contributed by atoms with Crippen molar-refractivity contribution in [2.45, 2.75) is 18.7 Å². The van der Waals surface area contributed by atoms with Crippen molar-refractivity contribution in [2.24, 2.45) is 0 Å². The quantitative estimate of drug-likeness (QED) is 0.853. The third-order valence-corrected chi connectivity index (χ3v) is 4.00. The van der Waals surface area contributed by atoms with Crippen LogP contribution in [0.3, 0.4) is 0 Å². The molecule has 0 saturated heterocycles. The molecule has 2 aromatic carbocycles. The number of amides is 1. The summed E-state index contributed by atoms with van der Waals surface area (Å²) in [6.07, 6.45) is 0. The number of benzene rings is 2. The maximum Gasteiger partial charge on any atom is 0.234 e. The summed E-state index contributed by atoms with van der Waals surface area (Å²) in [5.41, 5.74) is 2.77. The lowest BCUT2D eigenvalue weighted by Crippen LogP contribution is -2.15. The topological polar surface area (TPSA) is 29.1 Å². The van der Waals surface area contributed by atoms with Gasteiger partial charge in [-0.15, -0.1) is 11.8 Å². The van der Waals surface area contributed by atoms with Crippen molar-refractivity contribution in [3.8, 4) is 0 Å². The number of halogens is 2. The van der Waals surface area contributed by atoms with Crippen LogP contribution >= 0.6 is 11.8 Å². The molecule has 2 nitrogen and oxygen atoms in total. The summed E-state index contributed by atoms with van der Waals surface area (Å²) >= 11 is 1.16. The van der Waals surface area contributed by atoms with Gasteiger partial charge in [-0.2, -0.15) is 0 Å². The third kappa shape index (κ3) is 4.04. The monoisotopic (exact) mass is 307 g/mol.